The molecule has 154 valence electrons. The summed E-state index contributed by atoms with van der Waals surface area (Å²) in [5.74, 6) is -1.15. The maximum absolute atomic E-state index is 12.6. The quantitative estimate of drug-likeness (QED) is 0.608. The van der Waals surface area contributed by atoms with E-state index in [1.807, 2.05) is 26.8 Å². The Hall–Kier alpha value is -1.01. The van der Waals surface area contributed by atoms with Crippen LogP contribution in [0.3, 0.4) is 0 Å². The minimum absolute atomic E-state index is 0.0567. The first kappa shape index (κ1) is 20.3. The highest BCUT2D eigenvalue weighted by atomic mass is 35.5. The van der Waals surface area contributed by atoms with Crippen molar-refractivity contribution in [2.24, 2.45) is 28.6 Å². The van der Waals surface area contributed by atoms with Crippen LogP contribution < -0.4 is 0 Å². The summed E-state index contributed by atoms with van der Waals surface area (Å²) in [6.07, 6.45) is 6.22. The second-order valence-corrected chi connectivity index (χ2v) is 10.4. The molecule has 4 aliphatic carbocycles. The number of aliphatic hydroxyl groups is 3. The summed E-state index contributed by atoms with van der Waals surface area (Å²) in [6, 6.07) is 0. The molecule has 3 unspecified atom stereocenters. The number of carbonyl (C=O) groups excluding carboxylic acids is 2. The van der Waals surface area contributed by atoms with Crippen LogP contribution >= 0.6 is 11.6 Å². The molecule has 28 heavy (non-hydrogen) atoms. The smallest absolute Gasteiger partial charge is 0.190 e. The Morgan fingerprint density at radius 1 is 1.32 bits per heavy atom. The van der Waals surface area contributed by atoms with Gasteiger partial charge in [0.15, 0.2) is 11.6 Å². The van der Waals surface area contributed by atoms with E-state index in [1.54, 1.807) is 6.08 Å². The summed E-state index contributed by atoms with van der Waals surface area (Å²) in [4.78, 5) is 23.5. The molecule has 0 saturated heterocycles. The molecular weight excluding hydrogens is 380 g/mol. The molecule has 0 spiro atoms. The maximum atomic E-state index is 12.6. The molecule has 0 aliphatic heterocycles. The Kier molecular flexibility index (Phi) is 4.35. The summed E-state index contributed by atoms with van der Waals surface area (Å²) in [5.41, 5.74) is -2.25. The number of aliphatic hydroxyl groups excluding tert-OH is 2. The first-order valence-corrected chi connectivity index (χ1v) is 10.5. The van der Waals surface area contributed by atoms with E-state index in [4.69, 9.17) is 11.6 Å². The van der Waals surface area contributed by atoms with E-state index in [-0.39, 0.29) is 30.0 Å². The normalized spacial score (nSPS) is 52.5. The van der Waals surface area contributed by atoms with Gasteiger partial charge in [-0.3, -0.25) is 9.59 Å². The van der Waals surface area contributed by atoms with Gasteiger partial charge in [0.2, 0.25) is 0 Å². The summed E-state index contributed by atoms with van der Waals surface area (Å²) in [6.45, 7) is 4.97. The number of allylic oxidation sites excluding steroid dienone is 4. The van der Waals surface area contributed by atoms with Crippen molar-refractivity contribution in [3.8, 4) is 0 Å². The molecule has 4 aliphatic rings. The van der Waals surface area contributed by atoms with Gasteiger partial charge < -0.3 is 15.3 Å². The minimum Gasteiger partial charge on any atom is -0.391 e. The third-order valence-corrected chi connectivity index (χ3v) is 9.72. The lowest BCUT2D eigenvalue weighted by atomic mass is 9.45. The molecular formula is C22H29ClO5. The standard InChI is InChI=1S/C22H29ClO5/c1-12-8-16-15-5-4-13-9-14(25)6-7-19(13,2)21(15,23)17(26)10-20(16,3)22(12,28)18(27)11-24/h6-7,9,12,15-17,24,26,28H,4-5,8,10-11H2,1-3H3/t12-,15-,16?,17-,19-,20-,21?,22?/m0/s1. The lowest BCUT2D eigenvalue weighted by molar-refractivity contribution is -0.179. The molecule has 3 fully saturated rings. The third-order valence-electron chi connectivity index (χ3n) is 8.79. The van der Waals surface area contributed by atoms with Crippen LogP contribution in [-0.4, -0.2) is 50.1 Å². The van der Waals surface area contributed by atoms with Crippen LogP contribution in [0.15, 0.2) is 23.8 Å². The molecule has 0 bridgehead atoms. The van der Waals surface area contributed by atoms with Gasteiger partial charge >= 0.3 is 0 Å². The van der Waals surface area contributed by atoms with Gasteiger partial charge in [-0.1, -0.05) is 32.4 Å². The van der Waals surface area contributed by atoms with Gasteiger partial charge in [0.1, 0.15) is 12.2 Å². The fourth-order valence-electron chi connectivity index (χ4n) is 7.26. The van der Waals surface area contributed by atoms with Crippen molar-refractivity contribution in [2.75, 3.05) is 6.61 Å². The van der Waals surface area contributed by atoms with E-state index in [9.17, 15) is 24.9 Å². The molecule has 0 radical (unpaired) electrons. The van der Waals surface area contributed by atoms with Gasteiger partial charge in [0.05, 0.1) is 11.0 Å². The lowest BCUT2D eigenvalue weighted by Crippen LogP contribution is -2.69. The number of rotatable bonds is 2. The Balaban J connectivity index is 1.84. The topological polar surface area (TPSA) is 94.8 Å². The molecule has 6 heteroatoms. The zero-order valence-corrected chi connectivity index (χ0v) is 17.4. The molecule has 3 saturated carbocycles. The largest absolute Gasteiger partial charge is 0.391 e. The highest BCUT2D eigenvalue weighted by molar-refractivity contribution is 6.26. The van der Waals surface area contributed by atoms with E-state index in [1.165, 1.54) is 6.08 Å². The van der Waals surface area contributed by atoms with Crippen molar-refractivity contribution in [2.45, 2.75) is 63.0 Å². The second kappa shape index (κ2) is 6.00. The van der Waals surface area contributed by atoms with Crippen LogP contribution in [0.1, 0.15) is 46.5 Å². The highest BCUT2D eigenvalue weighted by Crippen LogP contribution is 2.71. The Bertz CT molecular complexity index is 805. The third kappa shape index (κ3) is 2.09. The number of halogens is 1. The van der Waals surface area contributed by atoms with Crippen molar-refractivity contribution in [3.63, 3.8) is 0 Å². The van der Waals surface area contributed by atoms with E-state index in [0.717, 1.165) is 5.57 Å². The lowest BCUT2D eigenvalue weighted by Gasteiger charge is -2.63. The molecule has 8 atom stereocenters. The zero-order valence-electron chi connectivity index (χ0n) is 16.6. The van der Waals surface area contributed by atoms with Gasteiger partial charge in [0.25, 0.3) is 0 Å². The molecule has 0 aromatic rings. The van der Waals surface area contributed by atoms with Crippen LogP contribution in [0.25, 0.3) is 0 Å². The predicted octanol–water partition coefficient (Wildman–Crippen LogP) is 2.17. The van der Waals surface area contributed by atoms with Gasteiger partial charge in [-0.25, -0.2) is 0 Å². The summed E-state index contributed by atoms with van der Waals surface area (Å²) >= 11 is 7.30. The van der Waals surface area contributed by atoms with Crippen LogP contribution in [0.5, 0.6) is 0 Å². The Labute approximate surface area is 170 Å². The van der Waals surface area contributed by atoms with E-state index >= 15 is 0 Å². The van der Waals surface area contributed by atoms with Crippen LogP contribution in [0.2, 0.25) is 0 Å². The fraction of sp³-hybridized carbons (Fsp3) is 0.727. The van der Waals surface area contributed by atoms with E-state index in [2.05, 4.69) is 0 Å². The van der Waals surface area contributed by atoms with Crippen LogP contribution in [-0.2, 0) is 9.59 Å². The van der Waals surface area contributed by atoms with Crippen molar-refractivity contribution in [3.05, 3.63) is 23.8 Å². The number of Topliss-reactive ketones (excluding diaryl/α,β-unsaturated/α-hetero) is 1. The summed E-state index contributed by atoms with van der Waals surface area (Å²) < 4.78 is 0. The summed E-state index contributed by atoms with van der Waals surface area (Å²) in [7, 11) is 0. The number of hydrogen-bond donors (Lipinski definition) is 3. The van der Waals surface area contributed by atoms with E-state index in [0.29, 0.717) is 19.3 Å². The Morgan fingerprint density at radius 2 is 2.00 bits per heavy atom. The minimum atomic E-state index is -1.68. The van der Waals surface area contributed by atoms with Gasteiger partial charge in [0, 0.05) is 10.8 Å². The summed E-state index contributed by atoms with van der Waals surface area (Å²) in [5, 5.41) is 32.3. The average molecular weight is 409 g/mol. The van der Waals surface area contributed by atoms with Crippen molar-refractivity contribution < 1.29 is 24.9 Å². The van der Waals surface area contributed by atoms with Crippen LogP contribution in [0.4, 0.5) is 0 Å². The number of alkyl halides is 1. The molecule has 4 rings (SSSR count). The average Bonchev–Trinajstić information content (AvgIpc) is 2.84. The van der Waals surface area contributed by atoms with E-state index < -0.39 is 39.8 Å². The van der Waals surface area contributed by atoms with Crippen molar-refractivity contribution in [1.82, 2.24) is 0 Å². The van der Waals surface area contributed by atoms with Crippen molar-refractivity contribution >= 4 is 23.2 Å². The van der Waals surface area contributed by atoms with Gasteiger partial charge in [-0.2, -0.15) is 0 Å². The molecule has 0 heterocycles. The number of ketones is 2. The number of hydrogen-bond acceptors (Lipinski definition) is 5. The van der Waals surface area contributed by atoms with Gasteiger partial charge in [-0.05, 0) is 55.6 Å². The molecule has 3 N–H and O–H groups in total. The maximum Gasteiger partial charge on any atom is 0.190 e. The SMILES string of the molecule is C[C@H]1CC2[C@@H]3CCC4=CC(=O)C=C[C@]4(C)C3(Cl)[C@@H](O)C[C@]2(C)C1(O)C(=O)CO. The number of carbonyl (C=O) groups is 2. The molecule has 0 aromatic carbocycles. The van der Waals surface area contributed by atoms with Gasteiger partial charge in [-0.15, -0.1) is 11.6 Å². The molecule has 0 aromatic heterocycles. The second-order valence-electron chi connectivity index (χ2n) is 9.75. The number of fused-ring (bicyclic) bond motifs is 5. The zero-order chi connectivity index (χ0) is 20.7. The Morgan fingerprint density at radius 3 is 2.64 bits per heavy atom. The van der Waals surface area contributed by atoms with Crippen molar-refractivity contribution in [1.29, 1.82) is 0 Å². The predicted molar refractivity (Wildman–Crippen MR) is 105 cm³/mol. The molecule has 0 amide bonds. The molecule has 5 nitrogen and oxygen atoms in total. The van der Waals surface area contributed by atoms with Crippen LogP contribution in [0, 0.1) is 28.6 Å². The first-order chi connectivity index (χ1) is 13.0. The monoisotopic (exact) mass is 408 g/mol. The highest BCUT2D eigenvalue weighted by Gasteiger charge is 2.74. The first-order valence-electron chi connectivity index (χ1n) is 10.1. The fourth-order valence-corrected chi connectivity index (χ4v) is 7.78.